The quantitative estimate of drug-likeness (QED) is 0.233. The molecule has 11 nitrogen and oxygen atoms in total. The lowest BCUT2D eigenvalue weighted by molar-refractivity contribution is -0.276. The van der Waals surface area contributed by atoms with Crippen LogP contribution in [0.5, 0.6) is 5.75 Å². The van der Waals surface area contributed by atoms with Gasteiger partial charge in [0.1, 0.15) is 30.7 Å². The van der Waals surface area contributed by atoms with E-state index in [-0.39, 0.29) is 24.3 Å². The Morgan fingerprint density at radius 2 is 1.71 bits per heavy atom. The summed E-state index contributed by atoms with van der Waals surface area (Å²) in [7, 11) is 0. The Balaban J connectivity index is 1.52. The van der Waals surface area contributed by atoms with Gasteiger partial charge in [0.25, 0.3) is 0 Å². The molecule has 2 aliphatic rings. The zero-order chi connectivity index (χ0) is 27.3. The summed E-state index contributed by atoms with van der Waals surface area (Å²) in [5, 5.41) is 51.3. The maximum atomic E-state index is 12.7. The van der Waals surface area contributed by atoms with E-state index in [1.165, 1.54) is 24.3 Å². The van der Waals surface area contributed by atoms with Crippen LogP contribution in [-0.2, 0) is 25.6 Å². The second-order valence-electron chi connectivity index (χ2n) is 9.07. The summed E-state index contributed by atoms with van der Waals surface area (Å²) in [5.74, 6) is -1.72. The molecule has 1 fully saturated rings. The van der Waals surface area contributed by atoms with Crippen LogP contribution in [0.2, 0.25) is 0 Å². The van der Waals surface area contributed by atoms with Gasteiger partial charge in [0, 0.05) is 5.56 Å². The molecule has 2 aromatic carbocycles. The first kappa shape index (κ1) is 27.7. The summed E-state index contributed by atoms with van der Waals surface area (Å²) in [6.45, 7) is -1.00. The maximum Gasteiger partial charge on any atom is 0.345 e. The smallest absolute Gasteiger partial charge is 0.345 e. The number of carbonyl (C=O) groups excluding carboxylic acids is 2. The fraction of sp³-hybridized carbons (Fsp3) is 0.407. The Bertz CT molecular complexity index is 1140. The molecule has 0 spiro atoms. The van der Waals surface area contributed by atoms with Gasteiger partial charge >= 0.3 is 11.9 Å². The molecule has 0 unspecified atom stereocenters. The summed E-state index contributed by atoms with van der Waals surface area (Å²) in [5.41, 5.74) is -1.65. The minimum Gasteiger partial charge on any atom is -0.460 e. The second kappa shape index (κ2) is 12.0. The molecule has 38 heavy (non-hydrogen) atoms. The molecule has 0 aromatic heterocycles. The van der Waals surface area contributed by atoms with Crippen molar-refractivity contribution in [2.75, 3.05) is 6.61 Å². The molecule has 0 radical (unpaired) electrons. The SMILES string of the molecule is O=C(O[C@H]1[C@H](Oc2ccccc2COC(=O)[C@]2(O)C=CCC[C@@H]2O)O[C@@H](CO)[C@H](O)[C@H]1O)c1ccccc1. The number of carbonyl (C=O) groups is 2. The number of hydrogen-bond acceptors (Lipinski definition) is 11. The highest BCUT2D eigenvalue weighted by molar-refractivity contribution is 5.89. The largest absolute Gasteiger partial charge is 0.460 e. The van der Waals surface area contributed by atoms with Crippen LogP contribution in [-0.4, -0.2) is 86.5 Å². The lowest BCUT2D eigenvalue weighted by Gasteiger charge is -2.41. The monoisotopic (exact) mass is 530 g/mol. The van der Waals surface area contributed by atoms with Crippen molar-refractivity contribution in [2.45, 2.75) is 61.9 Å². The predicted molar refractivity (Wildman–Crippen MR) is 130 cm³/mol. The fourth-order valence-corrected chi connectivity index (χ4v) is 4.22. The molecule has 1 heterocycles. The highest BCUT2D eigenvalue weighted by atomic mass is 16.7. The van der Waals surface area contributed by atoms with Crippen LogP contribution in [0.25, 0.3) is 0 Å². The third-order valence-electron chi connectivity index (χ3n) is 6.47. The van der Waals surface area contributed by atoms with E-state index in [0.29, 0.717) is 12.0 Å². The molecule has 1 saturated heterocycles. The number of esters is 2. The summed E-state index contributed by atoms with van der Waals surface area (Å²) < 4.78 is 22.3. The molecule has 2 aromatic rings. The van der Waals surface area contributed by atoms with Gasteiger partial charge in [-0.25, -0.2) is 9.59 Å². The van der Waals surface area contributed by atoms with Crippen LogP contribution in [0.3, 0.4) is 0 Å². The van der Waals surface area contributed by atoms with Gasteiger partial charge in [0.15, 0.2) is 6.10 Å². The van der Waals surface area contributed by atoms with Crippen LogP contribution < -0.4 is 4.74 Å². The first-order valence-corrected chi connectivity index (χ1v) is 12.1. The average molecular weight is 531 g/mol. The molecular formula is C27H30O11. The van der Waals surface area contributed by atoms with Crippen LogP contribution in [0.15, 0.2) is 66.7 Å². The highest BCUT2D eigenvalue weighted by Gasteiger charge is 2.48. The standard InChI is InChI=1S/C27H30O11/c28-14-19-21(30)22(31)23(38-24(32)16-8-2-1-3-9-16)25(37-19)36-18-11-5-4-10-17(18)15-35-26(33)27(34)13-7-6-12-20(27)29/h1-5,7-11,13,19-23,25,28-31,34H,6,12,14-15H2/t19-,20-,21-,22+,23+,25+,27-/m0/s1. The van der Waals surface area contributed by atoms with Gasteiger partial charge in [-0.15, -0.1) is 0 Å². The first-order valence-electron chi connectivity index (χ1n) is 12.1. The number of ether oxygens (including phenoxy) is 4. The summed E-state index contributed by atoms with van der Waals surface area (Å²) >= 11 is 0. The molecule has 0 saturated carbocycles. The molecule has 4 rings (SSSR count). The van der Waals surface area contributed by atoms with Gasteiger partial charge in [-0.2, -0.15) is 0 Å². The van der Waals surface area contributed by atoms with E-state index in [9.17, 15) is 35.1 Å². The van der Waals surface area contributed by atoms with Crippen molar-refractivity contribution in [3.8, 4) is 5.75 Å². The Morgan fingerprint density at radius 1 is 1.00 bits per heavy atom. The first-order chi connectivity index (χ1) is 18.2. The minimum atomic E-state index is -2.17. The van der Waals surface area contributed by atoms with Gasteiger partial charge in [0.05, 0.1) is 18.3 Å². The van der Waals surface area contributed by atoms with Crippen molar-refractivity contribution < 1.29 is 54.1 Å². The number of para-hydroxylation sites is 1. The molecule has 204 valence electrons. The van der Waals surface area contributed by atoms with Gasteiger partial charge < -0.3 is 44.5 Å². The van der Waals surface area contributed by atoms with E-state index < -0.39 is 61.0 Å². The molecule has 1 aliphatic carbocycles. The van der Waals surface area contributed by atoms with Crippen LogP contribution >= 0.6 is 0 Å². The topological polar surface area (TPSA) is 172 Å². The van der Waals surface area contributed by atoms with Crippen LogP contribution in [0.4, 0.5) is 0 Å². The van der Waals surface area contributed by atoms with Crippen molar-refractivity contribution in [3.63, 3.8) is 0 Å². The molecular weight excluding hydrogens is 500 g/mol. The van der Waals surface area contributed by atoms with Gasteiger partial charge in [-0.05, 0) is 37.1 Å². The number of benzene rings is 2. The van der Waals surface area contributed by atoms with Crippen molar-refractivity contribution in [1.82, 2.24) is 0 Å². The summed E-state index contributed by atoms with van der Waals surface area (Å²) in [6.07, 6.45) is -5.22. The van der Waals surface area contributed by atoms with Crippen LogP contribution in [0.1, 0.15) is 28.8 Å². The molecule has 0 amide bonds. The Morgan fingerprint density at radius 3 is 2.42 bits per heavy atom. The number of allylic oxidation sites excluding steroid dienone is 1. The highest BCUT2D eigenvalue weighted by Crippen LogP contribution is 2.30. The van der Waals surface area contributed by atoms with E-state index >= 15 is 0 Å². The molecule has 1 aliphatic heterocycles. The van der Waals surface area contributed by atoms with Gasteiger partial charge in [0.2, 0.25) is 11.9 Å². The number of aliphatic hydroxyl groups is 5. The van der Waals surface area contributed by atoms with Crippen molar-refractivity contribution >= 4 is 11.9 Å². The van der Waals surface area contributed by atoms with E-state index in [1.54, 1.807) is 42.5 Å². The van der Waals surface area contributed by atoms with Gasteiger partial charge in [-0.1, -0.05) is 42.5 Å². The predicted octanol–water partition coefficient (Wildman–Crippen LogP) is 0.215. The number of rotatable bonds is 8. The number of hydrogen-bond donors (Lipinski definition) is 5. The summed E-state index contributed by atoms with van der Waals surface area (Å²) in [4.78, 5) is 25.3. The Labute approximate surface area is 218 Å². The van der Waals surface area contributed by atoms with Crippen molar-refractivity contribution in [3.05, 3.63) is 77.9 Å². The number of aliphatic hydroxyl groups excluding tert-OH is 4. The molecule has 11 heteroatoms. The Hall–Kier alpha value is -3.32. The van der Waals surface area contributed by atoms with Gasteiger partial charge in [-0.3, -0.25) is 0 Å². The van der Waals surface area contributed by atoms with Crippen molar-refractivity contribution in [1.29, 1.82) is 0 Å². The lowest BCUT2D eigenvalue weighted by atomic mass is 9.88. The maximum absolute atomic E-state index is 12.7. The molecule has 5 N–H and O–H groups in total. The lowest BCUT2D eigenvalue weighted by Crippen LogP contribution is -2.61. The molecule has 7 atom stereocenters. The third-order valence-corrected chi connectivity index (χ3v) is 6.47. The van der Waals surface area contributed by atoms with E-state index in [1.807, 2.05) is 0 Å². The minimum absolute atomic E-state index is 0.123. The zero-order valence-corrected chi connectivity index (χ0v) is 20.3. The zero-order valence-electron chi connectivity index (χ0n) is 20.3. The molecule has 0 bridgehead atoms. The van der Waals surface area contributed by atoms with Crippen LogP contribution in [0, 0.1) is 0 Å². The summed E-state index contributed by atoms with van der Waals surface area (Å²) in [6, 6.07) is 14.3. The third kappa shape index (κ3) is 5.88. The Kier molecular flexibility index (Phi) is 8.77. The fourth-order valence-electron chi connectivity index (χ4n) is 4.22. The van der Waals surface area contributed by atoms with E-state index in [0.717, 1.165) is 0 Å². The average Bonchev–Trinajstić information content (AvgIpc) is 2.93. The normalized spacial score (nSPS) is 30.9. The van der Waals surface area contributed by atoms with Crippen molar-refractivity contribution in [2.24, 2.45) is 0 Å². The second-order valence-corrected chi connectivity index (χ2v) is 9.07. The van der Waals surface area contributed by atoms with E-state index in [2.05, 4.69) is 0 Å². The van der Waals surface area contributed by atoms with E-state index in [4.69, 9.17) is 18.9 Å².